The first kappa shape index (κ1) is 25.0. The minimum atomic E-state index is -1.64. The summed E-state index contributed by atoms with van der Waals surface area (Å²) in [5, 5.41) is 9.50. The molecule has 32 heavy (non-hydrogen) atoms. The van der Waals surface area contributed by atoms with E-state index in [1.165, 1.54) is 6.07 Å². The number of methoxy groups -OCH3 is 1. The lowest BCUT2D eigenvalue weighted by molar-refractivity contribution is -0.282. The molecule has 12 heteroatoms. The highest BCUT2D eigenvalue weighted by molar-refractivity contribution is 5.77. The molecule has 0 aliphatic carbocycles. The molecule has 176 valence electrons. The SMILES string of the molecule is COC(=O)[C@H]1O[C@@H](Oc2ccc(F)cc2CO)[C@H](OC(C)=O)[C@@H](OC(C)=O)[C@@H]1OC(C)=O. The first-order valence-corrected chi connectivity index (χ1v) is 9.38. The maximum atomic E-state index is 13.5. The average molecular weight is 458 g/mol. The minimum absolute atomic E-state index is 0.0240. The van der Waals surface area contributed by atoms with Crippen molar-refractivity contribution in [3.05, 3.63) is 29.6 Å². The number of rotatable bonds is 7. The van der Waals surface area contributed by atoms with Gasteiger partial charge in [-0.25, -0.2) is 9.18 Å². The van der Waals surface area contributed by atoms with Crippen LogP contribution in [0.25, 0.3) is 0 Å². The van der Waals surface area contributed by atoms with Crippen molar-refractivity contribution in [3.8, 4) is 5.75 Å². The molecule has 0 aromatic heterocycles. The van der Waals surface area contributed by atoms with Gasteiger partial charge in [-0.1, -0.05) is 0 Å². The molecule has 1 N–H and O–H groups in total. The van der Waals surface area contributed by atoms with Gasteiger partial charge in [0.1, 0.15) is 11.6 Å². The zero-order valence-corrected chi connectivity index (χ0v) is 17.7. The van der Waals surface area contributed by atoms with Crippen LogP contribution in [0.15, 0.2) is 18.2 Å². The van der Waals surface area contributed by atoms with Crippen molar-refractivity contribution >= 4 is 23.9 Å². The van der Waals surface area contributed by atoms with Crippen LogP contribution in [0.3, 0.4) is 0 Å². The summed E-state index contributed by atoms with van der Waals surface area (Å²) in [6.07, 6.45) is -7.82. The molecule has 5 atom stereocenters. The molecule has 11 nitrogen and oxygen atoms in total. The first-order chi connectivity index (χ1) is 15.1. The summed E-state index contributed by atoms with van der Waals surface area (Å²) in [5.41, 5.74) is 0.0240. The van der Waals surface area contributed by atoms with Gasteiger partial charge in [0, 0.05) is 26.3 Å². The Hall–Kier alpha value is -3.25. The lowest BCUT2D eigenvalue weighted by Gasteiger charge is -2.43. The molecule has 1 aromatic carbocycles. The molecule has 1 aliphatic rings. The summed E-state index contributed by atoms with van der Waals surface area (Å²) in [6.45, 7) is 2.56. The summed E-state index contributed by atoms with van der Waals surface area (Å²) < 4.78 is 45.0. The van der Waals surface area contributed by atoms with Gasteiger partial charge in [0.25, 0.3) is 0 Å². The second kappa shape index (κ2) is 10.9. The van der Waals surface area contributed by atoms with E-state index in [1.807, 2.05) is 0 Å². The van der Waals surface area contributed by atoms with E-state index in [0.717, 1.165) is 40.0 Å². The monoisotopic (exact) mass is 458 g/mol. The van der Waals surface area contributed by atoms with E-state index in [2.05, 4.69) is 4.74 Å². The van der Waals surface area contributed by atoms with Crippen molar-refractivity contribution in [2.45, 2.75) is 58.1 Å². The molecule has 1 heterocycles. The molecule has 0 bridgehead atoms. The number of halogens is 1. The Morgan fingerprint density at radius 2 is 1.53 bits per heavy atom. The third-order valence-corrected chi connectivity index (χ3v) is 4.27. The number of benzene rings is 1. The maximum absolute atomic E-state index is 13.5. The molecule has 0 spiro atoms. The molecule has 0 amide bonds. The Balaban J connectivity index is 2.54. The topological polar surface area (TPSA) is 144 Å². The zero-order chi connectivity index (χ0) is 24.0. The maximum Gasteiger partial charge on any atom is 0.339 e. The van der Waals surface area contributed by atoms with E-state index in [1.54, 1.807) is 0 Å². The van der Waals surface area contributed by atoms with Crippen LogP contribution in [0.5, 0.6) is 5.75 Å². The Bertz CT molecular complexity index is 871. The molecular weight excluding hydrogens is 435 g/mol. The van der Waals surface area contributed by atoms with E-state index in [4.69, 9.17) is 23.7 Å². The number of carbonyl (C=O) groups excluding carboxylic acids is 4. The van der Waals surface area contributed by atoms with Crippen molar-refractivity contribution in [1.29, 1.82) is 0 Å². The fraction of sp³-hybridized carbons (Fsp3) is 0.500. The summed E-state index contributed by atoms with van der Waals surface area (Å²) >= 11 is 0. The predicted molar refractivity (Wildman–Crippen MR) is 100 cm³/mol. The summed E-state index contributed by atoms with van der Waals surface area (Å²) in [4.78, 5) is 47.5. The number of hydrogen-bond donors (Lipinski definition) is 1. The molecule has 0 saturated carbocycles. The van der Waals surface area contributed by atoms with Crippen LogP contribution < -0.4 is 4.74 Å². The molecule has 1 saturated heterocycles. The Morgan fingerprint density at radius 1 is 0.969 bits per heavy atom. The van der Waals surface area contributed by atoms with Gasteiger partial charge in [-0.2, -0.15) is 0 Å². The van der Waals surface area contributed by atoms with Gasteiger partial charge >= 0.3 is 23.9 Å². The Kier molecular flexibility index (Phi) is 8.49. The molecule has 0 unspecified atom stereocenters. The van der Waals surface area contributed by atoms with E-state index in [9.17, 15) is 28.7 Å². The summed E-state index contributed by atoms with van der Waals surface area (Å²) in [5.74, 6) is -4.22. The van der Waals surface area contributed by atoms with Crippen LogP contribution in [0.1, 0.15) is 26.3 Å². The van der Waals surface area contributed by atoms with Crippen LogP contribution in [0, 0.1) is 5.82 Å². The van der Waals surface area contributed by atoms with Crippen molar-refractivity contribution in [1.82, 2.24) is 0 Å². The van der Waals surface area contributed by atoms with Crippen LogP contribution in [-0.4, -0.2) is 66.8 Å². The Morgan fingerprint density at radius 3 is 2.06 bits per heavy atom. The van der Waals surface area contributed by atoms with Gasteiger partial charge in [0.05, 0.1) is 13.7 Å². The second-order valence-electron chi connectivity index (χ2n) is 6.70. The van der Waals surface area contributed by atoms with Crippen LogP contribution in [0.2, 0.25) is 0 Å². The average Bonchev–Trinajstić information content (AvgIpc) is 2.71. The van der Waals surface area contributed by atoms with Crippen molar-refractivity contribution in [3.63, 3.8) is 0 Å². The number of hydrogen-bond acceptors (Lipinski definition) is 11. The van der Waals surface area contributed by atoms with Gasteiger partial charge in [0.2, 0.25) is 12.4 Å². The fourth-order valence-corrected chi connectivity index (χ4v) is 3.09. The normalized spacial score (nSPS) is 24.8. The van der Waals surface area contributed by atoms with Gasteiger partial charge in [-0.3, -0.25) is 14.4 Å². The van der Waals surface area contributed by atoms with E-state index >= 15 is 0 Å². The minimum Gasteiger partial charge on any atom is -0.467 e. The first-order valence-electron chi connectivity index (χ1n) is 9.38. The molecule has 1 fully saturated rings. The van der Waals surface area contributed by atoms with Crippen LogP contribution in [-0.2, 0) is 49.5 Å². The van der Waals surface area contributed by atoms with Gasteiger partial charge in [-0.15, -0.1) is 0 Å². The van der Waals surface area contributed by atoms with Gasteiger partial charge in [-0.05, 0) is 18.2 Å². The summed E-state index contributed by atoms with van der Waals surface area (Å²) in [6, 6.07) is 3.23. The second-order valence-corrected chi connectivity index (χ2v) is 6.70. The van der Waals surface area contributed by atoms with Crippen LogP contribution >= 0.6 is 0 Å². The van der Waals surface area contributed by atoms with Gasteiger partial charge < -0.3 is 33.5 Å². The number of aliphatic hydroxyl groups is 1. The molecule has 1 aromatic rings. The smallest absolute Gasteiger partial charge is 0.339 e. The lowest BCUT2D eigenvalue weighted by atomic mass is 9.97. The predicted octanol–water partition coefficient (Wildman–Crippen LogP) is 0.390. The standard InChI is InChI=1S/C20H23FO11/c1-9(23)28-15-16(29-10(2)24)18(30-11(3)25)20(32-17(15)19(26)27-4)31-14-6-5-13(21)7-12(14)8-22/h5-7,15-18,20,22H,8H2,1-4H3/t15-,16-,17-,18+,20+/m0/s1. The van der Waals surface area contributed by atoms with E-state index < -0.39 is 67.0 Å². The van der Waals surface area contributed by atoms with Crippen molar-refractivity contribution in [2.24, 2.45) is 0 Å². The van der Waals surface area contributed by atoms with Gasteiger partial charge in [0.15, 0.2) is 18.3 Å². The number of aliphatic hydroxyl groups excluding tert-OH is 1. The number of ether oxygens (including phenoxy) is 6. The van der Waals surface area contributed by atoms with Crippen LogP contribution in [0.4, 0.5) is 4.39 Å². The number of esters is 4. The van der Waals surface area contributed by atoms with E-state index in [0.29, 0.717) is 0 Å². The fourth-order valence-electron chi connectivity index (χ4n) is 3.09. The third-order valence-electron chi connectivity index (χ3n) is 4.27. The highest BCUT2D eigenvalue weighted by Gasteiger charge is 2.55. The molecule has 0 radical (unpaired) electrons. The number of carbonyl (C=O) groups is 4. The molecular formula is C20H23FO11. The summed E-state index contributed by atoms with van der Waals surface area (Å²) in [7, 11) is 1.05. The quantitative estimate of drug-likeness (QED) is 0.447. The van der Waals surface area contributed by atoms with Crippen molar-refractivity contribution in [2.75, 3.05) is 7.11 Å². The van der Waals surface area contributed by atoms with E-state index in [-0.39, 0.29) is 11.3 Å². The largest absolute Gasteiger partial charge is 0.467 e. The van der Waals surface area contributed by atoms with Crippen molar-refractivity contribution < 1.29 is 57.1 Å². The molecule has 1 aliphatic heterocycles. The lowest BCUT2D eigenvalue weighted by Crippen LogP contribution is -2.64. The third kappa shape index (κ3) is 6.14. The molecule has 2 rings (SSSR count). The highest BCUT2D eigenvalue weighted by atomic mass is 19.1. The highest BCUT2D eigenvalue weighted by Crippen LogP contribution is 2.32. The zero-order valence-electron chi connectivity index (χ0n) is 17.7. The Labute approximate surface area is 182 Å².